The Morgan fingerprint density at radius 3 is 2.72 bits per heavy atom. The van der Waals surface area contributed by atoms with E-state index in [1.54, 1.807) is 0 Å². The van der Waals surface area contributed by atoms with Crippen LogP contribution in [-0.4, -0.2) is 65.2 Å². The van der Waals surface area contributed by atoms with Gasteiger partial charge in [-0.05, 0) is 48.9 Å². The van der Waals surface area contributed by atoms with Gasteiger partial charge >= 0.3 is 0 Å². The molecule has 29 heavy (non-hydrogen) atoms. The number of rotatable bonds is 7. The SMILES string of the molecule is O=C(CCC(=O)N1CC[C@@H](O)[C@@H](C(=O)NCCO)C1)Nc1ccc2c(c1)CCC2. The van der Waals surface area contributed by atoms with E-state index in [2.05, 4.69) is 10.6 Å². The molecule has 158 valence electrons. The van der Waals surface area contributed by atoms with Crippen molar-refractivity contribution in [1.82, 2.24) is 10.2 Å². The van der Waals surface area contributed by atoms with E-state index in [1.165, 1.54) is 16.0 Å². The molecular formula is C21H29N3O5. The van der Waals surface area contributed by atoms with Crippen molar-refractivity contribution in [1.29, 1.82) is 0 Å². The molecule has 3 rings (SSSR count). The summed E-state index contributed by atoms with van der Waals surface area (Å²) >= 11 is 0. The number of hydrogen-bond acceptors (Lipinski definition) is 5. The van der Waals surface area contributed by atoms with Crippen molar-refractivity contribution in [2.24, 2.45) is 5.92 Å². The third-order valence-corrected chi connectivity index (χ3v) is 5.63. The number of carbonyl (C=O) groups excluding carboxylic acids is 3. The molecule has 2 atom stereocenters. The maximum absolute atomic E-state index is 12.5. The lowest BCUT2D eigenvalue weighted by molar-refractivity contribution is -0.141. The Kier molecular flexibility index (Phi) is 7.22. The van der Waals surface area contributed by atoms with Gasteiger partial charge in [-0.2, -0.15) is 0 Å². The second-order valence-electron chi connectivity index (χ2n) is 7.70. The molecule has 1 aromatic rings. The highest BCUT2D eigenvalue weighted by Crippen LogP contribution is 2.25. The van der Waals surface area contributed by atoms with E-state index in [-0.39, 0.29) is 50.3 Å². The van der Waals surface area contributed by atoms with Gasteiger partial charge in [0.1, 0.15) is 0 Å². The molecule has 0 bridgehead atoms. The van der Waals surface area contributed by atoms with Crippen molar-refractivity contribution in [3.63, 3.8) is 0 Å². The zero-order valence-corrected chi connectivity index (χ0v) is 16.5. The first-order valence-corrected chi connectivity index (χ1v) is 10.2. The Morgan fingerprint density at radius 1 is 1.14 bits per heavy atom. The molecule has 0 aromatic heterocycles. The van der Waals surface area contributed by atoms with Gasteiger partial charge in [0, 0.05) is 38.2 Å². The van der Waals surface area contributed by atoms with Gasteiger partial charge in [0.25, 0.3) is 0 Å². The number of aliphatic hydroxyl groups excluding tert-OH is 2. The minimum absolute atomic E-state index is 0.0534. The summed E-state index contributed by atoms with van der Waals surface area (Å²) in [5, 5.41) is 24.3. The minimum atomic E-state index is -0.819. The number of nitrogens with one attached hydrogen (secondary N) is 2. The van der Waals surface area contributed by atoms with E-state index < -0.39 is 12.0 Å². The van der Waals surface area contributed by atoms with Crippen molar-refractivity contribution in [2.45, 2.75) is 44.6 Å². The highest BCUT2D eigenvalue weighted by molar-refractivity contribution is 5.93. The third-order valence-electron chi connectivity index (χ3n) is 5.63. The molecular weight excluding hydrogens is 374 g/mol. The molecule has 1 fully saturated rings. The van der Waals surface area contributed by atoms with Crippen LogP contribution in [0.3, 0.4) is 0 Å². The second-order valence-corrected chi connectivity index (χ2v) is 7.70. The van der Waals surface area contributed by atoms with Crippen LogP contribution in [0.1, 0.15) is 36.8 Å². The van der Waals surface area contributed by atoms with Gasteiger partial charge in [-0.25, -0.2) is 0 Å². The lowest BCUT2D eigenvalue weighted by Gasteiger charge is -2.35. The maximum Gasteiger partial charge on any atom is 0.227 e. The number of fused-ring (bicyclic) bond motifs is 1. The molecule has 2 aliphatic rings. The quantitative estimate of drug-likeness (QED) is 0.519. The number of anilines is 1. The lowest BCUT2D eigenvalue weighted by atomic mass is 9.93. The molecule has 0 saturated carbocycles. The minimum Gasteiger partial charge on any atom is -0.395 e. The van der Waals surface area contributed by atoms with Crippen LogP contribution >= 0.6 is 0 Å². The summed E-state index contributed by atoms with van der Waals surface area (Å²) in [6.07, 6.45) is 2.87. The number of piperidine rings is 1. The van der Waals surface area contributed by atoms with Crippen LogP contribution in [0.4, 0.5) is 5.69 Å². The van der Waals surface area contributed by atoms with Gasteiger partial charge in [-0.15, -0.1) is 0 Å². The summed E-state index contributed by atoms with van der Waals surface area (Å²) in [6.45, 7) is 0.398. The highest BCUT2D eigenvalue weighted by Gasteiger charge is 2.34. The molecule has 4 N–H and O–H groups in total. The normalized spacial score (nSPS) is 20.8. The van der Waals surface area contributed by atoms with E-state index in [0.717, 1.165) is 24.9 Å². The number of amides is 3. The van der Waals surface area contributed by atoms with E-state index in [4.69, 9.17) is 5.11 Å². The van der Waals surface area contributed by atoms with Crippen LogP contribution in [0.15, 0.2) is 18.2 Å². The Balaban J connectivity index is 1.47. The van der Waals surface area contributed by atoms with Crippen LogP contribution < -0.4 is 10.6 Å². The number of carbonyl (C=O) groups is 3. The van der Waals surface area contributed by atoms with Gasteiger partial charge in [-0.3, -0.25) is 14.4 Å². The molecule has 0 radical (unpaired) electrons. The van der Waals surface area contributed by atoms with Crippen molar-refractivity contribution in [3.8, 4) is 0 Å². The van der Waals surface area contributed by atoms with Crippen molar-refractivity contribution >= 4 is 23.4 Å². The zero-order valence-electron chi connectivity index (χ0n) is 16.5. The lowest BCUT2D eigenvalue weighted by Crippen LogP contribution is -2.51. The predicted molar refractivity (Wildman–Crippen MR) is 107 cm³/mol. The molecule has 1 aliphatic carbocycles. The number of aryl methyl sites for hydroxylation is 2. The average molecular weight is 403 g/mol. The van der Waals surface area contributed by atoms with Crippen LogP contribution in [0.2, 0.25) is 0 Å². The van der Waals surface area contributed by atoms with Crippen molar-refractivity contribution < 1.29 is 24.6 Å². The number of hydrogen-bond donors (Lipinski definition) is 4. The van der Waals surface area contributed by atoms with Gasteiger partial charge in [-0.1, -0.05) is 6.07 Å². The van der Waals surface area contributed by atoms with E-state index in [9.17, 15) is 19.5 Å². The zero-order chi connectivity index (χ0) is 20.8. The maximum atomic E-state index is 12.5. The second kappa shape index (κ2) is 9.84. The molecule has 1 aliphatic heterocycles. The Bertz CT molecular complexity index is 767. The summed E-state index contributed by atoms with van der Waals surface area (Å²) in [5.41, 5.74) is 3.36. The molecule has 0 unspecified atom stereocenters. The molecule has 3 amide bonds. The summed E-state index contributed by atoms with van der Waals surface area (Å²) in [7, 11) is 0. The summed E-state index contributed by atoms with van der Waals surface area (Å²) < 4.78 is 0. The van der Waals surface area contributed by atoms with Gasteiger partial charge in [0.15, 0.2) is 0 Å². The first-order chi connectivity index (χ1) is 14.0. The number of aliphatic hydroxyl groups is 2. The molecule has 1 saturated heterocycles. The number of benzene rings is 1. The fourth-order valence-corrected chi connectivity index (χ4v) is 3.99. The number of nitrogens with zero attached hydrogens (tertiary/aromatic N) is 1. The summed E-state index contributed by atoms with van der Waals surface area (Å²) in [5.74, 6) is -1.52. The van der Waals surface area contributed by atoms with Crippen LogP contribution in [-0.2, 0) is 27.2 Å². The Hall–Kier alpha value is -2.45. The van der Waals surface area contributed by atoms with Gasteiger partial charge in [0.2, 0.25) is 17.7 Å². The van der Waals surface area contributed by atoms with Gasteiger partial charge < -0.3 is 25.7 Å². The van der Waals surface area contributed by atoms with Crippen LogP contribution in [0, 0.1) is 5.92 Å². The molecule has 8 heteroatoms. The first kappa shape index (κ1) is 21.3. The summed E-state index contributed by atoms with van der Waals surface area (Å²) in [4.78, 5) is 38.4. The van der Waals surface area contributed by atoms with Crippen LogP contribution in [0.5, 0.6) is 0 Å². The predicted octanol–water partition coefficient (Wildman–Crippen LogP) is 0.212. The Labute approximate surface area is 170 Å². The topological polar surface area (TPSA) is 119 Å². The molecule has 1 aromatic carbocycles. The highest BCUT2D eigenvalue weighted by atomic mass is 16.3. The van der Waals surface area contributed by atoms with Gasteiger partial charge in [0.05, 0.1) is 18.6 Å². The molecule has 0 spiro atoms. The van der Waals surface area contributed by atoms with E-state index in [1.807, 2.05) is 18.2 Å². The smallest absolute Gasteiger partial charge is 0.227 e. The van der Waals surface area contributed by atoms with E-state index >= 15 is 0 Å². The standard InChI is InChI=1S/C21H29N3O5/c25-11-9-22-21(29)17-13-24(10-8-18(17)26)20(28)7-6-19(27)23-16-5-4-14-2-1-3-15(14)12-16/h4-5,12,17-18,25-26H,1-3,6-11,13H2,(H,22,29)(H,23,27)/t17-,18+/m0/s1. The Morgan fingerprint density at radius 2 is 1.93 bits per heavy atom. The average Bonchev–Trinajstić information content (AvgIpc) is 3.18. The van der Waals surface area contributed by atoms with Crippen molar-refractivity contribution in [3.05, 3.63) is 29.3 Å². The number of likely N-dealkylation sites (tertiary alicyclic amines) is 1. The fourth-order valence-electron chi connectivity index (χ4n) is 3.99. The first-order valence-electron chi connectivity index (χ1n) is 10.2. The molecule has 1 heterocycles. The van der Waals surface area contributed by atoms with E-state index in [0.29, 0.717) is 13.0 Å². The largest absolute Gasteiger partial charge is 0.395 e. The third kappa shape index (κ3) is 5.55. The van der Waals surface area contributed by atoms with Crippen molar-refractivity contribution in [2.75, 3.05) is 31.6 Å². The summed E-state index contributed by atoms with van der Waals surface area (Å²) in [6, 6.07) is 5.94. The van der Waals surface area contributed by atoms with Crippen LogP contribution in [0.25, 0.3) is 0 Å². The monoisotopic (exact) mass is 403 g/mol. The fraction of sp³-hybridized carbons (Fsp3) is 0.571. The molecule has 8 nitrogen and oxygen atoms in total.